The first-order valence-corrected chi connectivity index (χ1v) is 10.8. The summed E-state index contributed by atoms with van der Waals surface area (Å²) < 4.78 is 0. The lowest BCUT2D eigenvalue weighted by Crippen LogP contribution is -2.53. The van der Waals surface area contributed by atoms with Gasteiger partial charge >= 0.3 is 6.03 Å². The lowest BCUT2D eigenvalue weighted by Gasteiger charge is -2.42. The van der Waals surface area contributed by atoms with Crippen LogP contribution < -0.4 is 0 Å². The standard InChI is InChI=1S/C23H34N2O3/c1-4-5-14-19(26)23(15-10-7-11-16-23)21(27)25-20(17(2)24(3)22(25)28)18-12-8-6-9-13-18/h6,8-9,12-13,17,19-20,26H,4-5,7,10-11,14-16H2,1-3H3/t17-,19-,20-/m0/s1. The molecule has 0 unspecified atom stereocenters. The highest BCUT2D eigenvalue weighted by atomic mass is 16.3. The molecule has 2 aliphatic rings. The lowest BCUT2D eigenvalue weighted by molar-refractivity contribution is -0.151. The number of aliphatic hydroxyl groups is 1. The van der Waals surface area contributed by atoms with Gasteiger partial charge < -0.3 is 10.0 Å². The summed E-state index contributed by atoms with van der Waals surface area (Å²) in [6, 6.07) is 9.12. The fraction of sp³-hybridized carbons (Fsp3) is 0.652. The molecule has 1 aromatic carbocycles. The topological polar surface area (TPSA) is 60.9 Å². The van der Waals surface area contributed by atoms with Gasteiger partial charge in [0.25, 0.3) is 0 Å². The number of amides is 3. The zero-order chi connectivity index (χ0) is 20.3. The van der Waals surface area contributed by atoms with E-state index in [1.807, 2.05) is 37.3 Å². The molecule has 0 bridgehead atoms. The van der Waals surface area contributed by atoms with E-state index in [9.17, 15) is 14.7 Å². The Kier molecular flexibility index (Phi) is 6.43. The summed E-state index contributed by atoms with van der Waals surface area (Å²) in [5.74, 6) is -0.175. The number of rotatable bonds is 6. The van der Waals surface area contributed by atoms with Gasteiger partial charge in [0, 0.05) is 7.05 Å². The van der Waals surface area contributed by atoms with Crippen LogP contribution in [0.4, 0.5) is 4.79 Å². The molecule has 1 saturated heterocycles. The van der Waals surface area contributed by atoms with Crippen LogP contribution in [0.3, 0.4) is 0 Å². The Balaban J connectivity index is 1.99. The summed E-state index contributed by atoms with van der Waals surface area (Å²) in [7, 11) is 1.76. The molecule has 1 saturated carbocycles. The van der Waals surface area contributed by atoms with Crippen LogP contribution >= 0.6 is 0 Å². The quantitative estimate of drug-likeness (QED) is 0.782. The van der Waals surface area contributed by atoms with E-state index in [1.165, 1.54) is 4.90 Å². The number of urea groups is 1. The Bertz CT molecular complexity index is 684. The monoisotopic (exact) mass is 386 g/mol. The largest absolute Gasteiger partial charge is 0.392 e. The smallest absolute Gasteiger partial charge is 0.327 e. The SMILES string of the molecule is CCCC[C@H](O)C1(C(=O)N2C(=O)N(C)[C@@H](C)[C@H]2c2ccccc2)CCCCC1. The average Bonchev–Trinajstić information content (AvgIpc) is 2.96. The minimum absolute atomic E-state index is 0.104. The van der Waals surface area contributed by atoms with E-state index in [2.05, 4.69) is 6.92 Å². The van der Waals surface area contributed by atoms with Gasteiger partial charge in [0.2, 0.25) is 5.91 Å². The third kappa shape index (κ3) is 3.57. The highest BCUT2D eigenvalue weighted by molar-refractivity contribution is 6.00. The molecule has 5 nitrogen and oxygen atoms in total. The third-order valence-corrected chi connectivity index (χ3v) is 6.85. The fourth-order valence-corrected chi connectivity index (χ4v) is 4.97. The van der Waals surface area contributed by atoms with Crippen molar-refractivity contribution in [3.8, 4) is 0 Å². The number of unbranched alkanes of at least 4 members (excludes halogenated alkanes) is 1. The Morgan fingerprint density at radius 3 is 2.46 bits per heavy atom. The molecule has 5 heteroatoms. The van der Waals surface area contributed by atoms with Gasteiger partial charge in [0.05, 0.1) is 23.6 Å². The molecule has 1 N–H and O–H groups in total. The number of imide groups is 1. The molecule has 1 aromatic rings. The summed E-state index contributed by atoms with van der Waals surface area (Å²) in [6.45, 7) is 4.08. The first-order valence-electron chi connectivity index (χ1n) is 10.8. The molecule has 0 spiro atoms. The number of carbonyl (C=O) groups excluding carboxylic acids is 2. The van der Waals surface area contributed by atoms with Crippen LogP contribution in [0.25, 0.3) is 0 Å². The molecule has 3 rings (SSSR count). The molecular weight excluding hydrogens is 352 g/mol. The molecule has 1 heterocycles. The number of carbonyl (C=O) groups is 2. The number of likely N-dealkylation sites (N-methyl/N-ethyl adjacent to an activating group) is 1. The summed E-state index contributed by atoms with van der Waals surface area (Å²) in [5.41, 5.74) is 0.135. The van der Waals surface area contributed by atoms with Gasteiger partial charge in [0.15, 0.2) is 0 Å². The zero-order valence-corrected chi connectivity index (χ0v) is 17.4. The van der Waals surface area contributed by atoms with Crippen molar-refractivity contribution in [2.45, 2.75) is 83.4 Å². The van der Waals surface area contributed by atoms with E-state index in [1.54, 1.807) is 11.9 Å². The molecule has 1 aliphatic heterocycles. The summed E-state index contributed by atoms with van der Waals surface area (Å²) in [6.07, 6.45) is 6.08. The first kappa shape index (κ1) is 20.8. The van der Waals surface area contributed by atoms with Crippen molar-refractivity contribution in [2.75, 3.05) is 7.05 Å². The predicted octanol–water partition coefficient (Wildman–Crippen LogP) is 4.51. The highest BCUT2D eigenvalue weighted by Gasteiger charge is 2.54. The number of aliphatic hydroxyl groups excluding tert-OH is 1. The summed E-state index contributed by atoms with van der Waals surface area (Å²) in [5, 5.41) is 11.1. The van der Waals surface area contributed by atoms with Crippen molar-refractivity contribution in [3.63, 3.8) is 0 Å². The van der Waals surface area contributed by atoms with Crippen LogP contribution in [0.2, 0.25) is 0 Å². The summed E-state index contributed by atoms with van der Waals surface area (Å²) >= 11 is 0. The van der Waals surface area contributed by atoms with Gasteiger partial charge in [0.1, 0.15) is 0 Å². The molecule has 2 fully saturated rings. The highest BCUT2D eigenvalue weighted by Crippen LogP contribution is 2.46. The maximum atomic E-state index is 13.9. The first-order chi connectivity index (χ1) is 13.4. The number of hydrogen-bond acceptors (Lipinski definition) is 3. The number of nitrogens with zero attached hydrogens (tertiary/aromatic N) is 2. The van der Waals surface area contributed by atoms with Crippen LogP contribution in [0.1, 0.15) is 76.8 Å². The van der Waals surface area contributed by atoms with Gasteiger partial charge in [-0.2, -0.15) is 0 Å². The summed E-state index contributed by atoms with van der Waals surface area (Å²) in [4.78, 5) is 30.2. The second-order valence-corrected chi connectivity index (χ2v) is 8.54. The van der Waals surface area contributed by atoms with Crippen molar-refractivity contribution in [2.24, 2.45) is 5.41 Å². The van der Waals surface area contributed by atoms with Crippen LogP contribution in [0.15, 0.2) is 30.3 Å². The molecule has 0 radical (unpaired) electrons. The molecule has 3 amide bonds. The van der Waals surface area contributed by atoms with Crippen molar-refractivity contribution in [1.29, 1.82) is 0 Å². The second kappa shape index (κ2) is 8.64. The van der Waals surface area contributed by atoms with E-state index in [0.29, 0.717) is 19.3 Å². The van der Waals surface area contributed by atoms with E-state index >= 15 is 0 Å². The molecular formula is C23H34N2O3. The second-order valence-electron chi connectivity index (χ2n) is 8.54. The Labute approximate surface area is 168 Å². The molecule has 28 heavy (non-hydrogen) atoms. The van der Waals surface area contributed by atoms with Crippen molar-refractivity contribution in [3.05, 3.63) is 35.9 Å². The minimum atomic E-state index is -0.832. The van der Waals surface area contributed by atoms with Gasteiger partial charge in [-0.25, -0.2) is 4.79 Å². The van der Waals surface area contributed by atoms with E-state index in [0.717, 1.165) is 37.7 Å². The molecule has 3 atom stereocenters. The zero-order valence-electron chi connectivity index (χ0n) is 17.4. The van der Waals surface area contributed by atoms with E-state index in [-0.39, 0.29) is 24.0 Å². The van der Waals surface area contributed by atoms with Crippen LogP contribution in [-0.2, 0) is 4.79 Å². The lowest BCUT2D eigenvalue weighted by atomic mass is 9.67. The van der Waals surface area contributed by atoms with Crippen molar-refractivity contribution < 1.29 is 14.7 Å². The van der Waals surface area contributed by atoms with Gasteiger partial charge in [-0.1, -0.05) is 69.4 Å². The van der Waals surface area contributed by atoms with Crippen molar-refractivity contribution in [1.82, 2.24) is 9.80 Å². The number of benzene rings is 1. The van der Waals surface area contributed by atoms with Gasteiger partial charge in [-0.15, -0.1) is 0 Å². The maximum absolute atomic E-state index is 13.9. The van der Waals surface area contributed by atoms with Gasteiger partial charge in [-0.3, -0.25) is 9.69 Å². The van der Waals surface area contributed by atoms with Crippen molar-refractivity contribution >= 4 is 11.9 Å². The maximum Gasteiger partial charge on any atom is 0.327 e. The van der Waals surface area contributed by atoms with Gasteiger partial charge in [-0.05, 0) is 31.7 Å². The van der Waals surface area contributed by atoms with Crippen LogP contribution in [-0.4, -0.2) is 46.0 Å². The minimum Gasteiger partial charge on any atom is -0.392 e. The third-order valence-electron chi connectivity index (χ3n) is 6.85. The predicted molar refractivity (Wildman–Crippen MR) is 110 cm³/mol. The Hall–Kier alpha value is -1.88. The van der Waals surface area contributed by atoms with Crippen LogP contribution in [0, 0.1) is 5.41 Å². The normalized spacial score (nSPS) is 25.8. The fourth-order valence-electron chi connectivity index (χ4n) is 4.97. The van der Waals surface area contributed by atoms with E-state index in [4.69, 9.17) is 0 Å². The molecule has 0 aromatic heterocycles. The Morgan fingerprint density at radius 2 is 1.86 bits per heavy atom. The van der Waals surface area contributed by atoms with E-state index < -0.39 is 11.5 Å². The molecule has 1 aliphatic carbocycles. The van der Waals surface area contributed by atoms with Crippen LogP contribution in [0.5, 0.6) is 0 Å². The number of hydrogen-bond donors (Lipinski definition) is 1. The Morgan fingerprint density at radius 1 is 1.21 bits per heavy atom. The average molecular weight is 387 g/mol. The molecule has 154 valence electrons.